The third kappa shape index (κ3) is 2.31. The molecule has 0 aromatic heterocycles. The fourth-order valence-electron chi connectivity index (χ4n) is 2.72. The Bertz CT molecular complexity index is 869. The van der Waals surface area contributed by atoms with Gasteiger partial charge in [-0.3, -0.25) is 0 Å². The van der Waals surface area contributed by atoms with Gasteiger partial charge < -0.3 is 9.80 Å². The summed E-state index contributed by atoms with van der Waals surface area (Å²) in [5.41, 5.74) is 3.55. The maximum absolute atomic E-state index is 7.82. The van der Waals surface area contributed by atoms with E-state index < -0.39 is 13.8 Å². The lowest BCUT2D eigenvalue weighted by Crippen LogP contribution is -2.33. The van der Waals surface area contributed by atoms with E-state index >= 15 is 0 Å². The zero-order valence-electron chi connectivity index (χ0n) is 18.2. The highest BCUT2D eigenvalue weighted by Crippen LogP contribution is 2.34. The molecule has 0 amide bonds. The highest BCUT2D eigenvalue weighted by atomic mass is 15.4. The number of hydrogen-bond donors (Lipinski definition) is 0. The molecule has 0 saturated carbocycles. The van der Waals surface area contributed by atoms with E-state index in [0.29, 0.717) is 11.1 Å². The largest absolute Gasteiger partial charge is 0.359 e. The van der Waals surface area contributed by atoms with Gasteiger partial charge in [0.25, 0.3) is 0 Å². The Hall–Kier alpha value is -2.22. The highest BCUT2D eigenvalue weighted by molar-refractivity contribution is 5.76. The fraction of sp³-hybridized carbons (Fsp3) is 0.263. The fourth-order valence-corrected chi connectivity index (χ4v) is 2.72. The number of rotatable bonds is 2. The number of nitrogens with zero attached hydrogens (tertiary/aromatic N) is 2. The van der Waals surface area contributed by atoms with Crippen molar-refractivity contribution in [2.75, 3.05) is 11.9 Å². The van der Waals surface area contributed by atoms with Crippen molar-refractivity contribution in [1.29, 1.82) is 0 Å². The minimum atomic E-state index is -2.22. The van der Waals surface area contributed by atoms with Gasteiger partial charge in [0.2, 0.25) is 0 Å². The molecule has 108 valence electrons. The van der Waals surface area contributed by atoms with Crippen molar-refractivity contribution in [3.8, 4) is 11.1 Å². The molecule has 1 heterocycles. The van der Waals surface area contributed by atoms with Gasteiger partial charge in [-0.2, -0.15) is 0 Å². The van der Waals surface area contributed by atoms with Gasteiger partial charge in [-0.05, 0) is 49.0 Å². The van der Waals surface area contributed by atoms with E-state index in [2.05, 4.69) is 0 Å². The maximum atomic E-state index is 7.82. The first-order valence-electron chi connectivity index (χ1n) is 9.96. The van der Waals surface area contributed by atoms with Crippen LogP contribution in [0.3, 0.4) is 0 Å². The van der Waals surface area contributed by atoms with Crippen molar-refractivity contribution in [2.24, 2.45) is 0 Å². The molecule has 1 aliphatic heterocycles. The van der Waals surface area contributed by atoms with Gasteiger partial charge in [0, 0.05) is 33.3 Å². The summed E-state index contributed by atoms with van der Waals surface area (Å²) in [7, 11) is 0. The molecule has 0 saturated heterocycles. The van der Waals surface area contributed by atoms with Gasteiger partial charge in [-0.25, -0.2) is 0 Å². The molecular weight excluding hydrogens is 256 g/mol. The highest BCUT2D eigenvalue weighted by Gasteiger charge is 2.22. The Balaban J connectivity index is 2.07. The SMILES string of the molecule is [2H]C([2H])([2H])c1ccccc1-c1cccc(N2C=CN(C([2H])([2H])[2H])[C@@H]2C)c1C. The molecule has 3 rings (SSSR count). The number of anilines is 1. The molecule has 2 nitrogen and oxygen atoms in total. The molecule has 0 spiro atoms. The first kappa shape index (κ1) is 8.28. The summed E-state index contributed by atoms with van der Waals surface area (Å²) in [5, 5.41) is 0. The van der Waals surface area contributed by atoms with E-state index in [1.54, 1.807) is 24.5 Å². The van der Waals surface area contributed by atoms with Crippen LogP contribution in [-0.4, -0.2) is 18.0 Å². The van der Waals surface area contributed by atoms with E-state index in [1.165, 1.54) is 4.90 Å². The molecule has 21 heavy (non-hydrogen) atoms. The molecule has 1 atom stereocenters. The molecule has 0 aliphatic carbocycles. The molecule has 0 unspecified atom stereocenters. The lowest BCUT2D eigenvalue weighted by Gasteiger charge is -2.29. The minimum absolute atomic E-state index is 0.305. The lowest BCUT2D eigenvalue weighted by molar-refractivity contribution is 0.383. The number of benzene rings is 2. The van der Waals surface area contributed by atoms with Crippen LogP contribution < -0.4 is 4.90 Å². The molecule has 2 heteroatoms. The summed E-state index contributed by atoms with van der Waals surface area (Å²) in [5.74, 6) is 0. The Morgan fingerprint density at radius 2 is 1.81 bits per heavy atom. The zero-order chi connectivity index (χ0) is 20.0. The van der Waals surface area contributed by atoms with Crippen molar-refractivity contribution in [3.63, 3.8) is 0 Å². The quantitative estimate of drug-likeness (QED) is 0.799. The van der Waals surface area contributed by atoms with E-state index in [-0.39, 0.29) is 6.17 Å². The summed E-state index contributed by atoms with van der Waals surface area (Å²) in [4.78, 5) is 3.22. The Morgan fingerprint density at radius 3 is 2.57 bits per heavy atom. The van der Waals surface area contributed by atoms with E-state index in [1.807, 2.05) is 49.1 Å². The van der Waals surface area contributed by atoms with Crippen LogP contribution in [0.5, 0.6) is 0 Å². The third-order valence-corrected chi connectivity index (χ3v) is 3.99. The summed E-state index contributed by atoms with van der Waals surface area (Å²) >= 11 is 0. The Kier molecular flexibility index (Phi) is 2.08. The molecule has 0 radical (unpaired) electrons. The van der Waals surface area contributed by atoms with E-state index in [4.69, 9.17) is 8.22 Å². The third-order valence-electron chi connectivity index (χ3n) is 3.99. The molecule has 0 N–H and O–H groups in total. The molecule has 2 aromatic carbocycles. The normalized spacial score (nSPS) is 23.0. The van der Waals surface area contributed by atoms with E-state index in [9.17, 15) is 0 Å². The van der Waals surface area contributed by atoms with Gasteiger partial charge >= 0.3 is 0 Å². The zero-order valence-corrected chi connectivity index (χ0v) is 12.2. The average molecular weight is 284 g/mol. The average Bonchev–Trinajstić information content (AvgIpc) is 2.96. The van der Waals surface area contributed by atoms with Crippen LogP contribution in [0.1, 0.15) is 26.3 Å². The van der Waals surface area contributed by atoms with Crippen LogP contribution in [0.2, 0.25) is 0 Å². The van der Waals surface area contributed by atoms with Crippen molar-refractivity contribution in [2.45, 2.75) is 26.9 Å². The molecule has 1 aliphatic rings. The lowest BCUT2D eigenvalue weighted by atomic mass is 9.95. The molecule has 0 bridgehead atoms. The second-order valence-corrected chi connectivity index (χ2v) is 5.24. The van der Waals surface area contributed by atoms with Crippen LogP contribution in [-0.2, 0) is 0 Å². The summed E-state index contributed by atoms with van der Waals surface area (Å²) < 4.78 is 46.4. The van der Waals surface area contributed by atoms with Crippen LogP contribution in [0, 0.1) is 13.8 Å². The topological polar surface area (TPSA) is 6.48 Å². The van der Waals surface area contributed by atoms with Crippen molar-refractivity contribution in [3.05, 3.63) is 66.0 Å². The predicted octanol–water partition coefficient (Wildman–Crippen LogP) is 4.54. The van der Waals surface area contributed by atoms with Gasteiger partial charge in [0.1, 0.15) is 6.17 Å². The van der Waals surface area contributed by atoms with Crippen molar-refractivity contribution in [1.82, 2.24) is 4.90 Å². The van der Waals surface area contributed by atoms with Gasteiger partial charge in [0.15, 0.2) is 0 Å². The Morgan fingerprint density at radius 1 is 1.00 bits per heavy atom. The molecule has 2 aromatic rings. The van der Waals surface area contributed by atoms with Crippen LogP contribution in [0.25, 0.3) is 11.1 Å². The van der Waals surface area contributed by atoms with Gasteiger partial charge in [-0.1, -0.05) is 36.4 Å². The van der Waals surface area contributed by atoms with Crippen LogP contribution >= 0.6 is 0 Å². The second-order valence-electron chi connectivity index (χ2n) is 5.24. The summed E-state index contributed by atoms with van der Waals surface area (Å²) in [6.07, 6.45) is 2.95. The standard InChI is InChI=1S/C19H22N2/c1-14-8-5-6-9-17(14)18-10-7-11-19(15(18)2)21-13-12-20(4)16(21)3/h5-13,16H,1-4H3/t16-/m0/s1/i1D3,4D3. The maximum Gasteiger partial charge on any atom is 0.102 e. The minimum Gasteiger partial charge on any atom is -0.359 e. The number of aryl methyl sites for hydroxylation is 1. The number of hydrogen-bond acceptors (Lipinski definition) is 2. The molecule has 0 fully saturated rings. The smallest absolute Gasteiger partial charge is 0.102 e. The summed E-state index contributed by atoms with van der Waals surface area (Å²) in [6.45, 7) is -0.670. The van der Waals surface area contributed by atoms with Crippen LogP contribution in [0.15, 0.2) is 54.9 Å². The van der Waals surface area contributed by atoms with Crippen molar-refractivity contribution < 1.29 is 8.22 Å². The predicted molar refractivity (Wildman–Crippen MR) is 90.2 cm³/mol. The Labute approximate surface area is 135 Å². The van der Waals surface area contributed by atoms with Gasteiger partial charge in [-0.15, -0.1) is 0 Å². The second kappa shape index (κ2) is 5.28. The first-order valence-corrected chi connectivity index (χ1v) is 6.96. The summed E-state index contributed by atoms with van der Waals surface area (Å²) in [6, 6.07) is 12.7. The van der Waals surface area contributed by atoms with Crippen molar-refractivity contribution >= 4 is 5.69 Å². The van der Waals surface area contributed by atoms with Gasteiger partial charge in [0.05, 0.1) is 0 Å². The van der Waals surface area contributed by atoms with E-state index in [0.717, 1.165) is 16.8 Å². The first-order chi connectivity index (χ1) is 12.5. The molecular formula is C19H22N2. The van der Waals surface area contributed by atoms with Crippen LogP contribution in [0.4, 0.5) is 5.69 Å². The monoisotopic (exact) mass is 284 g/mol.